The molecule has 0 aliphatic carbocycles. The molecule has 32 heavy (non-hydrogen) atoms. The Morgan fingerprint density at radius 1 is 1.16 bits per heavy atom. The summed E-state index contributed by atoms with van der Waals surface area (Å²) in [7, 11) is 0. The average Bonchev–Trinajstić information content (AvgIpc) is 3.49. The highest BCUT2D eigenvalue weighted by atomic mass is 32.1. The molecule has 12 heteroatoms. The minimum Gasteiger partial charge on any atom is -0.347 e. The van der Waals surface area contributed by atoms with Crippen molar-refractivity contribution in [3.05, 3.63) is 22.6 Å². The largest absolute Gasteiger partial charge is 0.451 e. The Balaban J connectivity index is 1.53. The molecule has 5 heterocycles. The van der Waals surface area contributed by atoms with Gasteiger partial charge >= 0.3 is 6.18 Å². The summed E-state index contributed by atoms with van der Waals surface area (Å²) < 4.78 is 40.9. The van der Waals surface area contributed by atoms with Crippen LogP contribution < -0.4 is 15.5 Å². The van der Waals surface area contributed by atoms with Gasteiger partial charge in [0.2, 0.25) is 11.8 Å². The summed E-state index contributed by atoms with van der Waals surface area (Å²) in [5.74, 6) is 1.20. The zero-order chi connectivity index (χ0) is 22.5. The van der Waals surface area contributed by atoms with Crippen molar-refractivity contribution in [3.8, 4) is 0 Å². The Hall–Kier alpha value is -2.47. The molecule has 3 aromatic heterocycles. The van der Waals surface area contributed by atoms with Crippen molar-refractivity contribution >= 4 is 33.3 Å². The van der Waals surface area contributed by atoms with Crippen LogP contribution in [0.15, 0.2) is 6.07 Å². The Kier molecular flexibility index (Phi) is 5.44. The maximum Gasteiger partial charge on any atom is 0.451 e. The second-order valence-corrected chi connectivity index (χ2v) is 9.49. The zero-order valence-corrected chi connectivity index (χ0v) is 18.6. The summed E-state index contributed by atoms with van der Waals surface area (Å²) in [6.07, 6.45) is -1.52. The van der Waals surface area contributed by atoms with Crippen LogP contribution in [0.4, 0.5) is 24.9 Å². The van der Waals surface area contributed by atoms with Crippen LogP contribution in [0, 0.1) is 5.92 Å². The predicted octanol–water partition coefficient (Wildman–Crippen LogP) is 3.06. The van der Waals surface area contributed by atoms with Gasteiger partial charge < -0.3 is 20.1 Å². The molecule has 172 valence electrons. The van der Waals surface area contributed by atoms with Crippen molar-refractivity contribution in [2.24, 2.45) is 11.7 Å². The number of hydrogen-bond donors (Lipinski definition) is 1. The van der Waals surface area contributed by atoms with E-state index < -0.39 is 12.0 Å². The van der Waals surface area contributed by atoms with Gasteiger partial charge in [0, 0.05) is 31.1 Å². The van der Waals surface area contributed by atoms with Crippen molar-refractivity contribution in [2.75, 3.05) is 36.0 Å². The number of anilines is 2. The third-order valence-electron chi connectivity index (χ3n) is 6.12. The fourth-order valence-electron chi connectivity index (χ4n) is 4.45. The van der Waals surface area contributed by atoms with E-state index in [0.717, 1.165) is 53.0 Å². The summed E-state index contributed by atoms with van der Waals surface area (Å²) in [5, 5.41) is 8.16. The maximum absolute atomic E-state index is 13.2. The minimum absolute atomic E-state index is 0.156. The highest BCUT2D eigenvalue weighted by Crippen LogP contribution is 2.36. The van der Waals surface area contributed by atoms with Gasteiger partial charge in [-0.15, -0.1) is 21.5 Å². The van der Waals surface area contributed by atoms with Crippen LogP contribution in [0.25, 0.3) is 10.2 Å². The van der Waals surface area contributed by atoms with E-state index in [1.807, 2.05) is 4.90 Å². The molecule has 2 N–H and O–H groups in total. The number of thiophene rings is 1. The standard InChI is InChI=1S/C20H25F3N8S/c1-2-3-13-8-14-16(25-19(26-17(14)32-13)30-5-4-12(9-24)10-30)29-6-7-31-15(11-29)27-28-18(31)20(21,22)23/h8,12H,2-7,9-11,24H2,1H3. The second-order valence-electron chi connectivity index (χ2n) is 8.38. The van der Waals surface area contributed by atoms with Crippen molar-refractivity contribution < 1.29 is 13.2 Å². The van der Waals surface area contributed by atoms with E-state index in [9.17, 15) is 13.2 Å². The van der Waals surface area contributed by atoms with Gasteiger partial charge in [0.15, 0.2) is 5.82 Å². The van der Waals surface area contributed by atoms with Crippen LogP contribution in [0.1, 0.15) is 36.3 Å². The number of rotatable bonds is 5. The highest BCUT2D eigenvalue weighted by molar-refractivity contribution is 7.18. The normalized spacial score (nSPS) is 19.2. The molecule has 0 radical (unpaired) electrons. The van der Waals surface area contributed by atoms with E-state index in [-0.39, 0.29) is 13.1 Å². The first-order valence-electron chi connectivity index (χ1n) is 10.9. The van der Waals surface area contributed by atoms with Crippen molar-refractivity contribution in [2.45, 2.75) is 45.5 Å². The molecular weight excluding hydrogens is 441 g/mol. The lowest BCUT2D eigenvalue weighted by molar-refractivity contribution is -0.147. The molecule has 0 spiro atoms. The Bertz CT molecular complexity index is 1120. The molecule has 3 aromatic rings. The SMILES string of the molecule is CCCc1cc2c(N3CCn4c(nnc4C(F)(F)F)C3)nc(N3CCC(CN)C3)nc2s1. The molecule has 1 unspecified atom stereocenters. The molecule has 1 saturated heterocycles. The lowest BCUT2D eigenvalue weighted by Gasteiger charge is -2.30. The monoisotopic (exact) mass is 466 g/mol. The summed E-state index contributed by atoms with van der Waals surface area (Å²) in [4.78, 5) is 16.1. The first kappa shape index (κ1) is 21.4. The van der Waals surface area contributed by atoms with E-state index in [1.165, 1.54) is 4.88 Å². The molecule has 1 fully saturated rings. The van der Waals surface area contributed by atoms with Crippen LogP contribution >= 0.6 is 11.3 Å². The number of nitrogens with zero attached hydrogens (tertiary/aromatic N) is 7. The quantitative estimate of drug-likeness (QED) is 0.618. The zero-order valence-electron chi connectivity index (χ0n) is 17.8. The van der Waals surface area contributed by atoms with E-state index in [1.54, 1.807) is 11.3 Å². The molecule has 5 rings (SSSR count). The number of hydrogen-bond acceptors (Lipinski definition) is 8. The van der Waals surface area contributed by atoms with Gasteiger partial charge in [-0.05, 0) is 31.4 Å². The third kappa shape index (κ3) is 3.79. The average molecular weight is 467 g/mol. The van der Waals surface area contributed by atoms with Crippen LogP contribution in [0.2, 0.25) is 0 Å². The van der Waals surface area contributed by atoms with Crippen LogP contribution in [-0.4, -0.2) is 50.9 Å². The number of aromatic nitrogens is 5. The van der Waals surface area contributed by atoms with Crippen LogP contribution in [0.5, 0.6) is 0 Å². The lowest BCUT2D eigenvalue weighted by Crippen LogP contribution is -2.36. The van der Waals surface area contributed by atoms with E-state index in [4.69, 9.17) is 15.7 Å². The molecular formula is C20H25F3N8S. The Morgan fingerprint density at radius 2 is 2.00 bits per heavy atom. The van der Waals surface area contributed by atoms with Crippen LogP contribution in [0.3, 0.4) is 0 Å². The van der Waals surface area contributed by atoms with Crippen LogP contribution in [-0.2, 0) is 25.7 Å². The van der Waals surface area contributed by atoms with Gasteiger partial charge in [-0.1, -0.05) is 13.3 Å². The highest BCUT2D eigenvalue weighted by Gasteiger charge is 2.40. The fourth-order valence-corrected chi connectivity index (χ4v) is 5.57. The summed E-state index contributed by atoms with van der Waals surface area (Å²) >= 11 is 1.66. The molecule has 0 bridgehead atoms. The predicted molar refractivity (Wildman–Crippen MR) is 117 cm³/mol. The number of alkyl halides is 3. The molecule has 1 atom stereocenters. The lowest BCUT2D eigenvalue weighted by atomic mass is 10.1. The number of nitrogens with two attached hydrogens (primary N) is 1. The van der Waals surface area contributed by atoms with E-state index >= 15 is 0 Å². The van der Waals surface area contributed by atoms with E-state index in [2.05, 4.69) is 28.1 Å². The number of halogens is 3. The first-order valence-corrected chi connectivity index (χ1v) is 11.7. The van der Waals surface area contributed by atoms with Gasteiger partial charge in [-0.2, -0.15) is 18.2 Å². The molecule has 0 saturated carbocycles. The second kappa shape index (κ2) is 8.14. The van der Waals surface area contributed by atoms with Gasteiger partial charge in [0.25, 0.3) is 0 Å². The smallest absolute Gasteiger partial charge is 0.347 e. The molecule has 8 nitrogen and oxygen atoms in total. The van der Waals surface area contributed by atoms with Gasteiger partial charge in [0.1, 0.15) is 10.6 Å². The van der Waals surface area contributed by atoms with Gasteiger partial charge in [-0.3, -0.25) is 0 Å². The summed E-state index contributed by atoms with van der Waals surface area (Å²) in [6, 6.07) is 2.12. The topological polar surface area (TPSA) is 89.0 Å². The minimum atomic E-state index is -4.51. The van der Waals surface area contributed by atoms with Gasteiger partial charge in [0.05, 0.1) is 11.9 Å². The van der Waals surface area contributed by atoms with Crippen molar-refractivity contribution in [3.63, 3.8) is 0 Å². The maximum atomic E-state index is 13.2. The first-order chi connectivity index (χ1) is 15.4. The fraction of sp³-hybridized carbons (Fsp3) is 0.600. The van der Waals surface area contributed by atoms with Crippen molar-refractivity contribution in [1.29, 1.82) is 0 Å². The number of fused-ring (bicyclic) bond motifs is 2. The van der Waals surface area contributed by atoms with Gasteiger partial charge in [-0.25, -0.2) is 4.98 Å². The Morgan fingerprint density at radius 3 is 2.72 bits per heavy atom. The third-order valence-corrected chi connectivity index (χ3v) is 7.21. The van der Waals surface area contributed by atoms with E-state index in [0.29, 0.717) is 30.8 Å². The molecule has 0 amide bonds. The summed E-state index contributed by atoms with van der Waals surface area (Å²) in [6.45, 7) is 5.21. The van der Waals surface area contributed by atoms with Crippen molar-refractivity contribution in [1.82, 2.24) is 24.7 Å². The molecule has 0 aromatic carbocycles. The summed E-state index contributed by atoms with van der Waals surface area (Å²) in [5.41, 5.74) is 5.86. The Labute approximate surface area is 187 Å². The molecule has 2 aliphatic rings. The molecule has 2 aliphatic heterocycles. The number of aryl methyl sites for hydroxylation is 1.